The van der Waals surface area contributed by atoms with Crippen molar-refractivity contribution in [3.8, 4) is 0 Å². The van der Waals surface area contributed by atoms with E-state index in [2.05, 4.69) is 15.5 Å². The molecule has 0 spiro atoms. The van der Waals surface area contributed by atoms with Crippen LogP contribution >= 0.6 is 46.8 Å². The first-order chi connectivity index (χ1) is 7.15. The fourth-order valence-corrected chi connectivity index (χ4v) is 2.09. The molecule has 78 valence electrons. The number of halogens is 2. The SMILES string of the molecule is S=c1[nH]nc(Nc2ccc(Cl)c(Cl)c2)s1. The van der Waals surface area contributed by atoms with Gasteiger partial charge in [-0.25, -0.2) is 0 Å². The molecule has 0 amide bonds. The minimum Gasteiger partial charge on any atom is -0.330 e. The highest BCUT2D eigenvalue weighted by atomic mass is 35.5. The standard InChI is InChI=1S/C8H5Cl2N3S2/c9-5-2-1-4(3-6(5)10)11-7-12-13-8(14)15-7/h1-3H,(H,11,12)(H,13,14). The Labute approximate surface area is 105 Å². The van der Waals surface area contributed by atoms with E-state index in [9.17, 15) is 0 Å². The average molecular weight is 278 g/mol. The van der Waals surface area contributed by atoms with Crippen LogP contribution in [-0.4, -0.2) is 10.2 Å². The molecule has 1 aromatic carbocycles. The Hall–Kier alpha value is -0.620. The third-order valence-corrected chi connectivity index (χ3v) is 3.35. The predicted octanol–water partition coefficient (Wildman–Crippen LogP) is 4.25. The van der Waals surface area contributed by atoms with Gasteiger partial charge in [0.2, 0.25) is 5.13 Å². The number of nitrogens with zero attached hydrogens (tertiary/aromatic N) is 1. The van der Waals surface area contributed by atoms with Crippen LogP contribution in [0, 0.1) is 3.95 Å². The van der Waals surface area contributed by atoms with Gasteiger partial charge < -0.3 is 5.32 Å². The maximum atomic E-state index is 5.87. The van der Waals surface area contributed by atoms with Crippen molar-refractivity contribution in [1.29, 1.82) is 0 Å². The summed E-state index contributed by atoms with van der Waals surface area (Å²) in [7, 11) is 0. The second kappa shape index (κ2) is 4.49. The Morgan fingerprint density at radius 1 is 1.33 bits per heavy atom. The molecule has 0 aliphatic heterocycles. The zero-order valence-corrected chi connectivity index (χ0v) is 10.4. The van der Waals surface area contributed by atoms with E-state index in [0.717, 1.165) is 5.69 Å². The van der Waals surface area contributed by atoms with Crippen molar-refractivity contribution in [2.24, 2.45) is 0 Å². The minimum atomic E-state index is 0.501. The number of rotatable bonds is 2. The molecule has 2 aromatic rings. The van der Waals surface area contributed by atoms with Gasteiger partial charge in [-0.3, -0.25) is 5.10 Å². The first-order valence-electron chi connectivity index (χ1n) is 3.93. The van der Waals surface area contributed by atoms with Crippen LogP contribution in [0.4, 0.5) is 10.8 Å². The molecule has 2 rings (SSSR count). The van der Waals surface area contributed by atoms with Gasteiger partial charge in [0.25, 0.3) is 0 Å². The van der Waals surface area contributed by atoms with Gasteiger partial charge in [0.05, 0.1) is 10.0 Å². The molecule has 0 saturated heterocycles. The fraction of sp³-hybridized carbons (Fsp3) is 0. The van der Waals surface area contributed by atoms with Crippen molar-refractivity contribution in [3.63, 3.8) is 0 Å². The van der Waals surface area contributed by atoms with Crippen LogP contribution in [0.15, 0.2) is 18.2 Å². The average Bonchev–Trinajstić information content (AvgIpc) is 2.58. The van der Waals surface area contributed by atoms with Crippen LogP contribution in [0.1, 0.15) is 0 Å². The third-order valence-electron chi connectivity index (χ3n) is 1.61. The van der Waals surface area contributed by atoms with Gasteiger partial charge in [-0.1, -0.05) is 34.5 Å². The number of benzene rings is 1. The molecular weight excluding hydrogens is 273 g/mol. The smallest absolute Gasteiger partial charge is 0.208 e. The summed E-state index contributed by atoms with van der Waals surface area (Å²) in [5, 5.41) is 11.4. The number of anilines is 2. The third kappa shape index (κ3) is 2.69. The van der Waals surface area contributed by atoms with Crippen molar-refractivity contribution >= 4 is 57.6 Å². The van der Waals surface area contributed by atoms with Gasteiger partial charge in [-0.15, -0.1) is 5.10 Å². The molecule has 15 heavy (non-hydrogen) atoms. The summed E-state index contributed by atoms with van der Waals surface area (Å²) >= 11 is 17.9. The molecule has 0 radical (unpaired) electrons. The highest BCUT2D eigenvalue weighted by Gasteiger charge is 2.01. The molecule has 0 unspecified atom stereocenters. The molecular formula is C8H5Cl2N3S2. The van der Waals surface area contributed by atoms with Crippen LogP contribution in [0.3, 0.4) is 0 Å². The van der Waals surface area contributed by atoms with Gasteiger partial charge in [-0.2, -0.15) is 0 Å². The molecule has 0 saturated carbocycles. The van der Waals surface area contributed by atoms with Gasteiger partial charge in [0, 0.05) is 5.69 Å². The van der Waals surface area contributed by atoms with Crippen molar-refractivity contribution < 1.29 is 0 Å². The summed E-state index contributed by atoms with van der Waals surface area (Å²) in [5.74, 6) is 0. The molecule has 0 aliphatic carbocycles. The van der Waals surface area contributed by atoms with Gasteiger partial charge >= 0.3 is 0 Å². The summed E-state index contributed by atoms with van der Waals surface area (Å²) in [4.78, 5) is 0. The van der Waals surface area contributed by atoms with E-state index in [4.69, 9.17) is 35.4 Å². The second-order valence-corrected chi connectivity index (χ2v) is 5.15. The second-order valence-electron chi connectivity index (χ2n) is 2.67. The van der Waals surface area contributed by atoms with Crippen LogP contribution in [0.2, 0.25) is 10.0 Å². The molecule has 0 fully saturated rings. The largest absolute Gasteiger partial charge is 0.330 e. The van der Waals surface area contributed by atoms with Crippen LogP contribution in [-0.2, 0) is 0 Å². The molecule has 3 nitrogen and oxygen atoms in total. The Bertz CT molecular complexity index is 535. The monoisotopic (exact) mass is 277 g/mol. The Kier molecular flexibility index (Phi) is 3.25. The first kappa shape index (κ1) is 10.9. The molecule has 0 atom stereocenters. The molecule has 0 aliphatic rings. The van der Waals surface area contributed by atoms with Gasteiger partial charge in [0.1, 0.15) is 0 Å². The minimum absolute atomic E-state index is 0.501. The van der Waals surface area contributed by atoms with Crippen molar-refractivity contribution in [1.82, 2.24) is 10.2 Å². The van der Waals surface area contributed by atoms with E-state index < -0.39 is 0 Å². The van der Waals surface area contributed by atoms with Gasteiger partial charge in [0.15, 0.2) is 3.95 Å². The lowest BCUT2D eigenvalue weighted by Gasteiger charge is -2.02. The summed E-state index contributed by atoms with van der Waals surface area (Å²) in [6, 6.07) is 5.27. The molecule has 1 aromatic heterocycles. The highest BCUT2D eigenvalue weighted by Crippen LogP contribution is 2.27. The Morgan fingerprint density at radius 2 is 2.13 bits per heavy atom. The lowest BCUT2D eigenvalue weighted by atomic mass is 10.3. The molecule has 0 bridgehead atoms. The highest BCUT2D eigenvalue weighted by molar-refractivity contribution is 7.73. The molecule has 7 heteroatoms. The number of H-pyrrole nitrogens is 1. The Morgan fingerprint density at radius 3 is 2.73 bits per heavy atom. The fourth-order valence-electron chi connectivity index (χ4n) is 0.981. The van der Waals surface area contributed by atoms with Crippen molar-refractivity contribution in [3.05, 3.63) is 32.2 Å². The van der Waals surface area contributed by atoms with Crippen LogP contribution in [0.25, 0.3) is 0 Å². The number of aromatic nitrogens is 2. The zero-order chi connectivity index (χ0) is 10.8. The maximum Gasteiger partial charge on any atom is 0.208 e. The summed E-state index contributed by atoms with van der Waals surface area (Å²) in [5.41, 5.74) is 0.821. The summed E-state index contributed by atoms with van der Waals surface area (Å²) < 4.78 is 0.623. The van der Waals surface area contributed by atoms with E-state index in [0.29, 0.717) is 19.1 Å². The number of aromatic amines is 1. The first-order valence-corrected chi connectivity index (χ1v) is 5.91. The topological polar surface area (TPSA) is 40.7 Å². The van der Waals surface area contributed by atoms with E-state index in [1.54, 1.807) is 12.1 Å². The number of nitrogens with one attached hydrogen (secondary N) is 2. The zero-order valence-electron chi connectivity index (χ0n) is 7.25. The Balaban J connectivity index is 2.24. The normalized spacial score (nSPS) is 10.3. The van der Waals surface area contributed by atoms with Crippen LogP contribution < -0.4 is 5.32 Å². The van der Waals surface area contributed by atoms with E-state index in [1.165, 1.54) is 11.3 Å². The quantitative estimate of drug-likeness (QED) is 0.807. The van der Waals surface area contributed by atoms with Gasteiger partial charge in [-0.05, 0) is 30.4 Å². The van der Waals surface area contributed by atoms with E-state index >= 15 is 0 Å². The lowest BCUT2D eigenvalue weighted by molar-refractivity contribution is 1.08. The van der Waals surface area contributed by atoms with Crippen molar-refractivity contribution in [2.45, 2.75) is 0 Å². The van der Waals surface area contributed by atoms with Crippen molar-refractivity contribution in [2.75, 3.05) is 5.32 Å². The van der Waals surface area contributed by atoms with E-state index in [1.807, 2.05) is 6.07 Å². The summed E-state index contributed by atoms with van der Waals surface area (Å²) in [6.45, 7) is 0. The molecule has 2 N–H and O–H groups in total. The molecule has 1 heterocycles. The number of hydrogen-bond donors (Lipinski definition) is 2. The van der Waals surface area contributed by atoms with Crippen LogP contribution in [0.5, 0.6) is 0 Å². The predicted molar refractivity (Wildman–Crippen MR) is 67.0 cm³/mol. The maximum absolute atomic E-state index is 5.87. The van der Waals surface area contributed by atoms with E-state index in [-0.39, 0.29) is 0 Å². The number of hydrogen-bond acceptors (Lipinski definition) is 4. The summed E-state index contributed by atoms with van der Waals surface area (Å²) in [6.07, 6.45) is 0. The lowest BCUT2D eigenvalue weighted by Crippen LogP contribution is -1.89.